The molecule has 0 heterocycles. The third-order valence-electron chi connectivity index (χ3n) is 3.12. The molecule has 2 N–H and O–H groups in total. The molecule has 1 unspecified atom stereocenters. The predicted octanol–water partition coefficient (Wildman–Crippen LogP) is 1.67. The van der Waals surface area contributed by atoms with Gasteiger partial charge in [0, 0.05) is 13.5 Å². The van der Waals surface area contributed by atoms with Crippen molar-refractivity contribution in [3.05, 3.63) is 28.6 Å². The van der Waals surface area contributed by atoms with Crippen LogP contribution in [-0.2, 0) is 9.53 Å². The number of hydrogen-bond acceptors (Lipinski definition) is 3. The number of carboxylic acid groups (broad SMARTS) is 1. The average Bonchev–Trinajstić information content (AvgIpc) is 2.40. The van der Waals surface area contributed by atoms with Crippen molar-refractivity contribution in [3.63, 3.8) is 0 Å². The molecule has 0 radical (unpaired) electrons. The number of rotatable bonds is 7. The molecule has 0 fully saturated rings. The van der Waals surface area contributed by atoms with Gasteiger partial charge in [-0.3, -0.25) is 0 Å². The lowest BCUT2D eigenvalue weighted by Gasteiger charge is -2.18. The molecule has 0 aromatic rings. The highest BCUT2D eigenvalue weighted by Crippen LogP contribution is 2.25. The smallest absolute Gasteiger partial charge is 0.395 e. The van der Waals surface area contributed by atoms with Crippen LogP contribution in [0.3, 0.4) is 0 Å². The summed E-state index contributed by atoms with van der Waals surface area (Å²) in [6.45, 7) is 8.17. The molecule has 2 atom stereocenters. The van der Waals surface area contributed by atoms with Gasteiger partial charge < -0.3 is 15.2 Å². The van der Waals surface area contributed by atoms with E-state index >= 15 is 0 Å². The van der Waals surface area contributed by atoms with Crippen molar-refractivity contribution < 1.29 is 14.6 Å². The molecule has 0 bridgehead atoms. The molecule has 19 heavy (non-hydrogen) atoms. The zero-order valence-corrected chi connectivity index (χ0v) is 11.4. The molecule has 5 heteroatoms. The molecule has 0 spiro atoms. The second-order valence-electron chi connectivity index (χ2n) is 4.77. The van der Waals surface area contributed by atoms with Crippen LogP contribution in [-0.4, -0.2) is 42.9 Å². The Morgan fingerprint density at radius 3 is 2.95 bits per heavy atom. The lowest BCUT2D eigenvalue weighted by Crippen LogP contribution is -2.32. The molecular weight excluding hydrogens is 244 g/mol. The van der Waals surface area contributed by atoms with E-state index in [0.29, 0.717) is 13.0 Å². The van der Waals surface area contributed by atoms with E-state index in [9.17, 15) is 4.79 Å². The Balaban J connectivity index is 2.50. The number of likely N-dealkylation sites (N-methyl/N-ethyl adjacent to an activating group) is 1. The number of allylic oxidation sites excluding steroid dienone is 1. The van der Waals surface area contributed by atoms with Crippen LogP contribution in [0.25, 0.3) is 4.85 Å². The van der Waals surface area contributed by atoms with E-state index in [2.05, 4.69) is 10.2 Å². The first-order chi connectivity index (χ1) is 9.01. The number of carboxylic acids is 1. The number of aliphatic carboxylic acids is 1. The maximum atomic E-state index is 11.1. The number of ether oxygens (including phenoxy) is 1. The first kappa shape index (κ1) is 15.4. The van der Waals surface area contributed by atoms with Gasteiger partial charge in [0.1, 0.15) is 0 Å². The molecule has 0 saturated heterocycles. The molecule has 5 nitrogen and oxygen atoms in total. The third kappa shape index (κ3) is 4.51. The lowest BCUT2D eigenvalue weighted by atomic mass is 9.90. The predicted molar refractivity (Wildman–Crippen MR) is 74.5 cm³/mol. The Labute approximate surface area is 113 Å². The van der Waals surface area contributed by atoms with Gasteiger partial charge in [-0.1, -0.05) is 23.1 Å². The van der Waals surface area contributed by atoms with Crippen LogP contribution in [0.15, 0.2) is 23.8 Å². The summed E-state index contributed by atoms with van der Waals surface area (Å²) >= 11 is 0. The van der Waals surface area contributed by atoms with Crippen molar-refractivity contribution in [3.8, 4) is 6.57 Å². The van der Waals surface area contributed by atoms with Crippen molar-refractivity contribution in [2.45, 2.75) is 31.4 Å². The monoisotopic (exact) mass is 265 g/mol. The van der Waals surface area contributed by atoms with Gasteiger partial charge in [0.15, 0.2) is 0 Å². The van der Waals surface area contributed by atoms with Crippen LogP contribution in [0.5, 0.6) is 0 Å². The highest BCUT2D eigenvalue weighted by atomic mass is 16.5. The molecular formula is C14H21N2O3+. The molecule has 104 valence electrons. The van der Waals surface area contributed by atoms with Gasteiger partial charge in [-0.2, -0.15) is 0 Å². The van der Waals surface area contributed by atoms with Crippen LogP contribution in [0, 0.1) is 6.57 Å². The fourth-order valence-corrected chi connectivity index (χ4v) is 1.79. The second-order valence-corrected chi connectivity index (χ2v) is 4.77. The van der Waals surface area contributed by atoms with Gasteiger partial charge >= 0.3 is 11.5 Å². The van der Waals surface area contributed by atoms with E-state index in [1.165, 1.54) is 6.92 Å². The van der Waals surface area contributed by atoms with Crippen molar-refractivity contribution in [2.75, 3.05) is 20.2 Å². The minimum atomic E-state index is -1.27. The Morgan fingerprint density at radius 1 is 1.74 bits per heavy atom. The van der Waals surface area contributed by atoms with Gasteiger partial charge in [-0.15, -0.1) is 0 Å². The van der Waals surface area contributed by atoms with Crippen molar-refractivity contribution in [2.24, 2.45) is 0 Å². The van der Waals surface area contributed by atoms with Crippen LogP contribution in [0.4, 0.5) is 0 Å². The van der Waals surface area contributed by atoms with Crippen LogP contribution in [0.2, 0.25) is 0 Å². The minimum absolute atomic E-state index is 0.0583. The lowest BCUT2D eigenvalue weighted by molar-refractivity contribution is -0.141. The molecule has 1 rings (SSSR count). The van der Waals surface area contributed by atoms with Crippen LogP contribution >= 0.6 is 0 Å². The van der Waals surface area contributed by atoms with Crippen LogP contribution in [0.1, 0.15) is 19.8 Å². The average molecular weight is 265 g/mol. The van der Waals surface area contributed by atoms with Crippen molar-refractivity contribution in [1.82, 2.24) is 5.32 Å². The fraction of sp³-hybridized carbons (Fsp3) is 0.571. The molecule has 0 saturated carbocycles. The number of hydrogen-bond donors (Lipinski definition) is 2. The van der Waals surface area contributed by atoms with Crippen LogP contribution < -0.4 is 5.32 Å². The second kappa shape index (κ2) is 7.07. The third-order valence-corrected chi connectivity index (χ3v) is 3.12. The molecule has 0 aromatic carbocycles. The summed E-state index contributed by atoms with van der Waals surface area (Å²) in [5, 5.41) is 12.1. The summed E-state index contributed by atoms with van der Waals surface area (Å²) < 4.78 is 5.62. The zero-order valence-electron chi connectivity index (χ0n) is 11.4. The fourth-order valence-electron chi connectivity index (χ4n) is 1.79. The van der Waals surface area contributed by atoms with Crippen molar-refractivity contribution in [1.29, 1.82) is 0 Å². The van der Waals surface area contributed by atoms with Gasteiger partial charge in [-0.25, -0.2) is 4.79 Å². The maximum absolute atomic E-state index is 11.1. The maximum Gasteiger partial charge on any atom is 0.395 e. The minimum Gasteiger partial charge on any atom is -0.475 e. The Kier molecular flexibility index (Phi) is 5.74. The number of nitrogens with one attached hydrogen (secondary N) is 1. The first-order valence-electron chi connectivity index (χ1n) is 6.31. The van der Waals surface area contributed by atoms with E-state index in [1.807, 2.05) is 25.3 Å². The first-order valence-corrected chi connectivity index (χ1v) is 6.31. The summed E-state index contributed by atoms with van der Waals surface area (Å²) in [5.74, 6) is -1.02. The normalized spacial score (nSPS) is 21.3. The highest BCUT2D eigenvalue weighted by molar-refractivity contribution is 5.81. The largest absolute Gasteiger partial charge is 0.475 e. The summed E-state index contributed by atoms with van der Waals surface area (Å²) in [6, 6.07) is 0. The van der Waals surface area contributed by atoms with E-state index in [-0.39, 0.29) is 6.10 Å². The molecule has 0 aliphatic heterocycles. The van der Waals surface area contributed by atoms with Gasteiger partial charge in [-0.05, 0) is 19.0 Å². The van der Waals surface area contributed by atoms with E-state index in [4.69, 9.17) is 16.4 Å². The molecule has 1 aliphatic carbocycles. The quantitative estimate of drug-likeness (QED) is 0.687. The van der Waals surface area contributed by atoms with Gasteiger partial charge in [0.2, 0.25) is 0 Å². The number of nitrogens with zero attached hydrogens (tertiary/aromatic N) is 1. The standard InChI is InChI=1S/C14H20N2O3/c1-14(16-3,13(17)18)10-11-4-6-12(7-5-11)19-9-8-15-2/h3-6,12,15H,7-10H2,1-2H3/p+1/t12?,14-/m1/s1. The summed E-state index contributed by atoms with van der Waals surface area (Å²) in [4.78, 5) is 14.6. The highest BCUT2D eigenvalue weighted by Gasteiger charge is 2.44. The topological polar surface area (TPSA) is 62.9 Å². The molecule has 0 aromatic heterocycles. The molecule has 1 aliphatic rings. The molecule has 0 amide bonds. The SMILES string of the molecule is C#[N+][C@](C)(CC1=CCC(OCCNC)C=C1)C(=O)O. The summed E-state index contributed by atoms with van der Waals surface area (Å²) in [5.41, 5.74) is -0.344. The Hall–Kier alpha value is -1.64. The van der Waals surface area contributed by atoms with Gasteiger partial charge in [0.25, 0.3) is 6.57 Å². The Morgan fingerprint density at radius 2 is 2.47 bits per heavy atom. The zero-order chi connectivity index (χ0) is 14.3. The van der Waals surface area contributed by atoms with E-state index < -0.39 is 11.5 Å². The summed E-state index contributed by atoms with van der Waals surface area (Å²) in [7, 11) is 1.88. The van der Waals surface area contributed by atoms with Crippen molar-refractivity contribution >= 4 is 5.97 Å². The summed E-state index contributed by atoms with van der Waals surface area (Å²) in [6.07, 6.45) is 6.91. The van der Waals surface area contributed by atoms with Gasteiger partial charge in [0.05, 0.1) is 19.1 Å². The Bertz CT molecular complexity index is 423. The van der Waals surface area contributed by atoms with E-state index in [1.54, 1.807) is 0 Å². The number of carbonyl (C=O) groups is 1. The van der Waals surface area contributed by atoms with E-state index in [0.717, 1.165) is 18.5 Å².